The molecule has 0 bridgehead atoms. The first kappa shape index (κ1) is 10.4. The van der Waals surface area contributed by atoms with E-state index in [4.69, 9.17) is 0 Å². The van der Waals surface area contributed by atoms with Crippen LogP contribution in [0.5, 0.6) is 0 Å². The molecule has 1 saturated heterocycles. The molecule has 1 aliphatic rings. The van der Waals surface area contributed by atoms with Crippen LogP contribution in [0, 0.1) is 5.82 Å². The molecule has 2 rings (SSSR count). The zero-order valence-electron chi connectivity index (χ0n) is 9.13. The van der Waals surface area contributed by atoms with Crippen LogP contribution in [0.15, 0.2) is 18.3 Å². The highest BCUT2D eigenvalue weighted by Crippen LogP contribution is 2.25. The van der Waals surface area contributed by atoms with E-state index < -0.39 is 0 Å². The molecule has 1 aromatic heterocycles. The Hall–Kier alpha value is -1.16. The van der Waals surface area contributed by atoms with Gasteiger partial charge in [-0.2, -0.15) is 0 Å². The predicted molar refractivity (Wildman–Crippen MR) is 58.5 cm³/mol. The van der Waals surface area contributed by atoms with Gasteiger partial charge >= 0.3 is 0 Å². The largest absolute Gasteiger partial charge is 0.347 e. The Bertz CT molecular complexity index is 351. The molecule has 1 fully saturated rings. The van der Waals surface area contributed by atoms with Crippen LogP contribution in [-0.4, -0.2) is 30.2 Å². The van der Waals surface area contributed by atoms with Crippen molar-refractivity contribution in [3.8, 4) is 0 Å². The molecular weight excluding hydrogens is 193 g/mol. The van der Waals surface area contributed by atoms with Gasteiger partial charge in [0.25, 0.3) is 0 Å². The molecule has 4 heteroatoms. The highest BCUT2D eigenvalue weighted by atomic mass is 19.1. The second kappa shape index (κ2) is 3.77. The zero-order valence-corrected chi connectivity index (χ0v) is 9.13. The Morgan fingerprint density at radius 3 is 3.00 bits per heavy atom. The fraction of sp³-hybridized carbons (Fsp3) is 0.545. The smallest absolute Gasteiger partial charge is 0.165 e. The lowest BCUT2D eigenvalue weighted by Crippen LogP contribution is -2.58. The van der Waals surface area contributed by atoms with E-state index in [1.807, 2.05) is 4.90 Å². The van der Waals surface area contributed by atoms with Crippen molar-refractivity contribution < 1.29 is 4.39 Å². The van der Waals surface area contributed by atoms with Crippen molar-refractivity contribution in [2.75, 3.05) is 24.5 Å². The number of anilines is 1. The summed E-state index contributed by atoms with van der Waals surface area (Å²) in [6.07, 6.45) is 1.64. The monoisotopic (exact) mass is 209 g/mol. The molecule has 0 spiro atoms. The minimum Gasteiger partial charge on any atom is -0.347 e. The van der Waals surface area contributed by atoms with Gasteiger partial charge in [-0.3, -0.25) is 0 Å². The second-order valence-electron chi connectivity index (χ2n) is 4.45. The maximum Gasteiger partial charge on any atom is 0.165 e. The third-order valence-electron chi connectivity index (χ3n) is 2.80. The van der Waals surface area contributed by atoms with Crippen molar-refractivity contribution >= 4 is 5.82 Å². The third-order valence-corrected chi connectivity index (χ3v) is 2.80. The normalized spacial score (nSPS) is 20.3. The molecule has 0 radical (unpaired) electrons. The van der Waals surface area contributed by atoms with Gasteiger partial charge in [-0.05, 0) is 26.0 Å². The number of rotatable bonds is 1. The first-order valence-electron chi connectivity index (χ1n) is 5.20. The van der Waals surface area contributed by atoms with Crippen LogP contribution in [0.4, 0.5) is 10.2 Å². The third kappa shape index (κ3) is 1.95. The minimum atomic E-state index is -0.243. The summed E-state index contributed by atoms with van der Waals surface area (Å²) in [5.74, 6) is 0.219. The Balaban J connectivity index is 2.33. The maximum atomic E-state index is 13.6. The second-order valence-corrected chi connectivity index (χ2v) is 4.45. The number of piperazine rings is 1. The molecule has 0 amide bonds. The Morgan fingerprint density at radius 2 is 2.33 bits per heavy atom. The van der Waals surface area contributed by atoms with E-state index in [2.05, 4.69) is 24.1 Å². The van der Waals surface area contributed by atoms with Crippen molar-refractivity contribution in [3.05, 3.63) is 24.1 Å². The maximum absolute atomic E-state index is 13.6. The molecule has 2 heterocycles. The molecule has 0 aromatic carbocycles. The molecule has 0 atom stereocenters. The van der Waals surface area contributed by atoms with Crippen LogP contribution in [0.1, 0.15) is 13.8 Å². The summed E-state index contributed by atoms with van der Waals surface area (Å²) >= 11 is 0. The Morgan fingerprint density at radius 1 is 1.53 bits per heavy atom. The lowest BCUT2D eigenvalue weighted by Gasteiger charge is -2.43. The topological polar surface area (TPSA) is 28.2 Å². The number of aromatic nitrogens is 1. The molecule has 1 aromatic rings. The molecule has 0 saturated carbocycles. The van der Waals surface area contributed by atoms with Gasteiger partial charge in [-0.15, -0.1) is 0 Å². The molecule has 15 heavy (non-hydrogen) atoms. The Kier molecular flexibility index (Phi) is 2.61. The van der Waals surface area contributed by atoms with Crippen LogP contribution in [0.25, 0.3) is 0 Å². The van der Waals surface area contributed by atoms with Gasteiger partial charge in [0.2, 0.25) is 0 Å². The zero-order chi connectivity index (χ0) is 10.9. The summed E-state index contributed by atoms with van der Waals surface area (Å²) < 4.78 is 13.6. The molecule has 3 nitrogen and oxygen atoms in total. The SMILES string of the molecule is CC1(C)CNCCN1c1ncccc1F. The summed E-state index contributed by atoms with van der Waals surface area (Å²) in [6.45, 7) is 6.70. The number of nitrogens with zero attached hydrogens (tertiary/aromatic N) is 2. The molecular formula is C11H16FN3. The van der Waals surface area contributed by atoms with Gasteiger partial charge in [0, 0.05) is 31.4 Å². The van der Waals surface area contributed by atoms with E-state index >= 15 is 0 Å². The summed E-state index contributed by atoms with van der Waals surface area (Å²) in [6, 6.07) is 3.08. The van der Waals surface area contributed by atoms with Crippen molar-refractivity contribution in [3.63, 3.8) is 0 Å². The van der Waals surface area contributed by atoms with Crippen LogP contribution in [0.3, 0.4) is 0 Å². The van der Waals surface area contributed by atoms with E-state index in [1.54, 1.807) is 12.3 Å². The number of halogens is 1. The predicted octanol–water partition coefficient (Wildman–Crippen LogP) is 1.41. The van der Waals surface area contributed by atoms with E-state index in [0.29, 0.717) is 5.82 Å². The summed E-state index contributed by atoms with van der Waals surface area (Å²) in [4.78, 5) is 6.15. The first-order chi connectivity index (χ1) is 7.11. The Labute approximate surface area is 89.3 Å². The van der Waals surface area contributed by atoms with E-state index in [9.17, 15) is 4.39 Å². The summed E-state index contributed by atoms with van der Waals surface area (Å²) in [5, 5.41) is 3.30. The average molecular weight is 209 g/mol. The number of nitrogens with one attached hydrogen (secondary N) is 1. The molecule has 1 N–H and O–H groups in total. The number of pyridine rings is 1. The molecule has 0 unspecified atom stereocenters. The van der Waals surface area contributed by atoms with E-state index in [1.165, 1.54) is 6.07 Å². The fourth-order valence-electron chi connectivity index (χ4n) is 1.95. The molecule has 1 aliphatic heterocycles. The van der Waals surface area contributed by atoms with Crippen molar-refractivity contribution in [1.82, 2.24) is 10.3 Å². The summed E-state index contributed by atoms with van der Waals surface area (Å²) in [7, 11) is 0. The van der Waals surface area contributed by atoms with Crippen LogP contribution in [0.2, 0.25) is 0 Å². The van der Waals surface area contributed by atoms with Crippen LogP contribution in [-0.2, 0) is 0 Å². The lowest BCUT2D eigenvalue weighted by atomic mass is 10.0. The van der Waals surface area contributed by atoms with Crippen LogP contribution >= 0.6 is 0 Å². The molecule has 0 aliphatic carbocycles. The van der Waals surface area contributed by atoms with Crippen molar-refractivity contribution in [2.24, 2.45) is 0 Å². The van der Waals surface area contributed by atoms with Crippen LogP contribution < -0.4 is 10.2 Å². The highest BCUT2D eigenvalue weighted by molar-refractivity contribution is 5.43. The number of hydrogen-bond acceptors (Lipinski definition) is 3. The van der Waals surface area contributed by atoms with Crippen molar-refractivity contribution in [2.45, 2.75) is 19.4 Å². The van der Waals surface area contributed by atoms with Crippen molar-refractivity contribution in [1.29, 1.82) is 0 Å². The average Bonchev–Trinajstić information content (AvgIpc) is 2.19. The standard InChI is InChI=1S/C11H16FN3/c1-11(2)8-13-6-7-15(11)10-9(12)4-3-5-14-10/h3-5,13H,6-8H2,1-2H3. The quantitative estimate of drug-likeness (QED) is 0.758. The summed E-state index contributed by atoms with van der Waals surface area (Å²) in [5.41, 5.74) is -0.0898. The van der Waals surface area contributed by atoms with Gasteiger partial charge in [0.1, 0.15) is 0 Å². The van der Waals surface area contributed by atoms with Gasteiger partial charge in [-0.25, -0.2) is 9.37 Å². The molecule has 82 valence electrons. The van der Waals surface area contributed by atoms with Gasteiger partial charge in [0.05, 0.1) is 0 Å². The fourth-order valence-corrected chi connectivity index (χ4v) is 1.95. The van der Waals surface area contributed by atoms with Gasteiger partial charge in [-0.1, -0.05) is 0 Å². The minimum absolute atomic E-state index is 0.0898. The van der Waals surface area contributed by atoms with E-state index in [0.717, 1.165) is 19.6 Å². The van der Waals surface area contributed by atoms with Gasteiger partial charge in [0.15, 0.2) is 11.6 Å². The first-order valence-corrected chi connectivity index (χ1v) is 5.20. The lowest BCUT2D eigenvalue weighted by molar-refractivity contribution is 0.373. The van der Waals surface area contributed by atoms with E-state index in [-0.39, 0.29) is 11.4 Å². The highest BCUT2D eigenvalue weighted by Gasteiger charge is 2.31. The number of hydrogen-bond donors (Lipinski definition) is 1. The van der Waals surface area contributed by atoms with Gasteiger partial charge < -0.3 is 10.2 Å².